The van der Waals surface area contributed by atoms with E-state index in [9.17, 15) is 23.5 Å². The van der Waals surface area contributed by atoms with Crippen LogP contribution in [0.2, 0.25) is 0 Å². The Hall–Kier alpha value is -2.74. The molecule has 13 heteroatoms. The highest BCUT2D eigenvalue weighted by Crippen LogP contribution is 2.37. The zero-order valence-corrected chi connectivity index (χ0v) is 24.0. The van der Waals surface area contributed by atoms with Crippen molar-refractivity contribution in [3.63, 3.8) is 0 Å². The van der Waals surface area contributed by atoms with Crippen molar-refractivity contribution >= 4 is 45.0 Å². The molecule has 0 bridgehead atoms. The van der Waals surface area contributed by atoms with E-state index in [2.05, 4.69) is 26.2 Å². The second-order valence-electron chi connectivity index (χ2n) is 9.47. The summed E-state index contributed by atoms with van der Waals surface area (Å²) < 4.78 is 34.5. The molecular weight excluding hydrogens is 596 g/mol. The van der Waals surface area contributed by atoms with Crippen molar-refractivity contribution in [3.05, 3.63) is 61.9 Å². The Morgan fingerprint density at radius 1 is 1.36 bits per heavy atom. The van der Waals surface area contributed by atoms with Crippen molar-refractivity contribution in [2.75, 3.05) is 39.8 Å². The summed E-state index contributed by atoms with van der Waals surface area (Å²) in [5, 5.41) is 14.9. The Labute approximate surface area is 237 Å². The predicted molar refractivity (Wildman–Crippen MR) is 147 cm³/mol. The van der Waals surface area contributed by atoms with Crippen LogP contribution in [0.1, 0.15) is 36.4 Å². The fraction of sp³-hybridized carbons (Fsp3) is 0.462. The van der Waals surface area contributed by atoms with Crippen molar-refractivity contribution < 1.29 is 28.2 Å². The van der Waals surface area contributed by atoms with Crippen LogP contribution in [-0.2, 0) is 14.3 Å². The standard InChI is InChI=1S/C26H30BrF2N5O4S/c1-3-38-26(37)22-20(13-34-11-16(29)4-6-17(34)12-33(2)14-21(35)36)31-24(25-30-8-9-39-25)32-23(22)18-7-5-15(28)10-19(18)27/h5,7-10,16-17,23H,3-4,6,11-14H2,1-2H3,(H,31,32)(H,35,36). The van der Waals surface area contributed by atoms with E-state index in [1.165, 1.54) is 23.5 Å². The third-order valence-electron chi connectivity index (χ3n) is 6.56. The van der Waals surface area contributed by atoms with Gasteiger partial charge in [-0.05, 0) is 44.5 Å². The van der Waals surface area contributed by atoms with E-state index in [1.54, 1.807) is 36.5 Å². The minimum absolute atomic E-state index is 0.126. The third-order valence-corrected chi connectivity index (χ3v) is 8.03. The molecule has 3 atom stereocenters. The van der Waals surface area contributed by atoms with Crippen LogP contribution in [0.25, 0.3) is 0 Å². The van der Waals surface area contributed by atoms with E-state index >= 15 is 0 Å². The maximum atomic E-state index is 14.7. The number of hydrogen-bond donors (Lipinski definition) is 2. The summed E-state index contributed by atoms with van der Waals surface area (Å²) in [7, 11) is 1.71. The second-order valence-corrected chi connectivity index (χ2v) is 11.2. The summed E-state index contributed by atoms with van der Waals surface area (Å²) in [5.74, 6) is -1.54. The number of carboxylic acid groups (broad SMARTS) is 1. The Balaban J connectivity index is 1.77. The fourth-order valence-corrected chi connectivity index (χ4v) is 6.03. The molecule has 2 N–H and O–H groups in total. The predicted octanol–water partition coefficient (Wildman–Crippen LogP) is 3.77. The van der Waals surface area contributed by atoms with Gasteiger partial charge in [0.1, 0.15) is 18.0 Å². The average Bonchev–Trinajstić information content (AvgIpc) is 3.40. The number of likely N-dealkylation sites (N-methyl/N-ethyl adjacent to an activating group) is 1. The lowest BCUT2D eigenvalue weighted by Gasteiger charge is -2.40. The lowest BCUT2D eigenvalue weighted by atomic mass is 9.94. The number of hydrogen-bond acceptors (Lipinski definition) is 9. The first kappa shape index (κ1) is 29.2. The molecule has 9 nitrogen and oxygen atoms in total. The Bertz CT molecular complexity index is 1260. The Morgan fingerprint density at radius 2 is 2.15 bits per heavy atom. The lowest BCUT2D eigenvalue weighted by molar-refractivity contribution is -0.139. The van der Waals surface area contributed by atoms with Gasteiger partial charge in [-0.1, -0.05) is 22.0 Å². The molecule has 0 radical (unpaired) electrons. The number of nitrogens with one attached hydrogen (secondary N) is 1. The molecule has 0 saturated carbocycles. The lowest BCUT2D eigenvalue weighted by Crippen LogP contribution is -2.52. The fourth-order valence-electron chi connectivity index (χ4n) is 4.88. The molecule has 0 amide bonds. The molecule has 3 unspecified atom stereocenters. The van der Waals surface area contributed by atoms with Gasteiger partial charge in [0.05, 0.1) is 18.7 Å². The van der Waals surface area contributed by atoms with E-state index in [0.29, 0.717) is 46.0 Å². The number of benzene rings is 1. The van der Waals surface area contributed by atoms with E-state index in [4.69, 9.17) is 9.73 Å². The highest BCUT2D eigenvalue weighted by atomic mass is 79.9. The molecule has 2 aliphatic rings. The first-order valence-electron chi connectivity index (χ1n) is 12.5. The molecule has 2 aromatic rings. The van der Waals surface area contributed by atoms with Gasteiger partial charge in [-0.3, -0.25) is 19.6 Å². The largest absolute Gasteiger partial charge is 0.480 e. The zero-order chi connectivity index (χ0) is 28.1. The highest BCUT2D eigenvalue weighted by Gasteiger charge is 2.37. The summed E-state index contributed by atoms with van der Waals surface area (Å²) in [6.07, 6.45) is 1.49. The van der Waals surface area contributed by atoms with Crippen molar-refractivity contribution in [1.29, 1.82) is 0 Å². The molecule has 2 aliphatic heterocycles. The molecule has 1 fully saturated rings. The second kappa shape index (κ2) is 13.1. The van der Waals surface area contributed by atoms with Gasteiger partial charge in [-0.25, -0.2) is 18.6 Å². The van der Waals surface area contributed by atoms with Gasteiger partial charge >= 0.3 is 11.9 Å². The maximum absolute atomic E-state index is 14.7. The van der Waals surface area contributed by atoms with Gasteiger partial charge in [0.2, 0.25) is 0 Å². The van der Waals surface area contributed by atoms with Crippen LogP contribution in [0, 0.1) is 5.82 Å². The van der Waals surface area contributed by atoms with Gasteiger partial charge in [0.25, 0.3) is 0 Å². The van der Waals surface area contributed by atoms with E-state index in [1.807, 2.05) is 4.90 Å². The summed E-state index contributed by atoms with van der Waals surface area (Å²) >= 11 is 4.78. The number of carbonyl (C=O) groups is 2. The van der Waals surface area contributed by atoms with E-state index < -0.39 is 30.0 Å². The van der Waals surface area contributed by atoms with Crippen LogP contribution in [0.3, 0.4) is 0 Å². The first-order valence-corrected chi connectivity index (χ1v) is 14.2. The molecule has 3 heterocycles. The van der Waals surface area contributed by atoms with Crippen LogP contribution >= 0.6 is 27.3 Å². The number of thiazole rings is 1. The minimum atomic E-state index is -1.06. The molecule has 0 aliphatic carbocycles. The number of aliphatic imine (C=N–C) groups is 1. The number of nitrogens with zero attached hydrogens (tertiary/aromatic N) is 4. The quantitative estimate of drug-likeness (QED) is 0.384. The number of carboxylic acids is 1. The van der Waals surface area contributed by atoms with Crippen molar-refractivity contribution in [3.8, 4) is 0 Å². The number of halogens is 3. The number of carbonyl (C=O) groups excluding carboxylic acids is 1. The van der Waals surface area contributed by atoms with Crippen LogP contribution in [0.5, 0.6) is 0 Å². The number of rotatable bonds is 10. The van der Waals surface area contributed by atoms with Crippen molar-refractivity contribution in [1.82, 2.24) is 20.1 Å². The summed E-state index contributed by atoms with van der Waals surface area (Å²) in [6, 6.07) is 3.20. The zero-order valence-electron chi connectivity index (χ0n) is 21.6. The molecule has 4 rings (SSSR count). The molecule has 1 saturated heterocycles. The molecule has 1 aromatic carbocycles. The molecular formula is C26H30BrF2N5O4S. The minimum Gasteiger partial charge on any atom is -0.480 e. The SMILES string of the molecule is CCOC(=O)C1=C(CN2CC(F)CCC2CN(C)CC(=O)O)NC(c2nccs2)=NC1c1ccc(F)cc1Br. The number of esters is 1. The number of alkyl halides is 1. The number of aliphatic carboxylic acids is 1. The van der Waals surface area contributed by atoms with Crippen LogP contribution in [-0.4, -0.2) is 89.7 Å². The van der Waals surface area contributed by atoms with Gasteiger partial charge in [0, 0.05) is 47.4 Å². The molecule has 210 valence electrons. The molecule has 0 spiro atoms. The van der Waals surface area contributed by atoms with Gasteiger partial charge in [-0.2, -0.15) is 0 Å². The smallest absolute Gasteiger partial charge is 0.338 e. The van der Waals surface area contributed by atoms with Crippen molar-refractivity contribution in [2.45, 2.75) is 38.0 Å². The summed E-state index contributed by atoms with van der Waals surface area (Å²) in [4.78, 5) is 37.4. The normalized spacial score (nSPS) is 22.0. The number of aromatic nitrogens is 1. The first-order chi connectivity index (χ1) is 18.7. The van der Waals surface area contributed by atoms with Gasteiger partial charge in [0.15, 0.2) is 10.8 Å². The third kappa shape index (κ3) is 7.27. The summed E-state index contributed by atoms with van der Waals surface area (Å²) in [5.41, 5.74) is 1.28. The molecule has 1 aromatic heterocycles. The van der Waals surface area contributed by atoms with E-state index in [-0.39, 0.29) is 37.9 Å². The number of likely N-dealkylation sites (tertiary alicyclic amines) is 1. The summed E-state index contributed by atoms with van der Waals surface area (Å²) in [6.45, 7) is 2.41. The monoisotopic (exact) mass is 625 g/mol. The highest BCUT2D eigenvalue weighted by molar-refractivity contribution is 9.10. The van der Waals surface area contributed by atoms with Crippen molar-refractivity contribution in [2.24, 2.45) is 4.99 Å². The van der Waals surface area contributed by atoms with E-state index in [0.717, 1.165) is 0 Å². The van der Waals surface area contributed by atoms with Crippen LogP contribution in [0.15, 0.2) is 50.5 Å². The van der Waals surface area contributed by atoms with Gasteiger partial charge < -0.3 is 15.2 Å². The van der Waals surface area contributed by atoms with Gasteiger partial charge in [-0.15, -0.1) is 11.3 Å². The number of amidine groups is 1. The van der Waals surface area contributed by atoms with Crippen LogP contribution < -0.4 is 5.32 Å². The number of piperidine rings is 1. The average molecular weight is 627 g/mol. The molecule has 39 heavy (non-hydrogen) atoms. The number of ether oxygens (including phenoxy) is 1. The van der Waals surface area contributed by atoms with Crippen LogP contribution in [0.4, 0.5) is 8.78 Å². The Kier molecular flexibility index (Phi) is 9.81. The Morgan fingerprint density at radius 3 is 2.82 bits per heavy atom. The topological polar surface area (TPSA) is 107 Å². The maximum Gasteiger partial charge on any atom is 0.338 e.